The summed E-state index contributed by atoms with van der Waals surface area (Å²) in [6, 6.07) is 0.624. The number of rotatable bonds is 5. The maximum absolute atomic E-state index is 4.38. The van der Waals surface area contributed by atoms with Crippen molar-refractivity contribution < 1.29 is 0 Å². The molecule has 19 heavy (non-hydrogen) atoms. The summed E-state index contributed by atoms with van der Waals surface area (Å²) in [7, 11) is 4.33. The molecule has 3 nitrogen and oxygen atoms in total. The third-order valence-corrected chi connectivity index (χ3v) is 5.12. The molecule has 2 unspecified atom stereocenters. The van der Waals surface area contributed by atoms with Gasteiger partial charge in [0.1, 0.15) is 0 Å². The van der Waals surface area contributed by atoms with Crippen LogP contribution in [0.3, 0.4) is 0 Å². The summed E-state index contributed by atoms with van der Waals surface area (Å²) < 4.78 is 0. The molecule has 1 aliphatic carbocycles. The molecule has 4 heteroatoms. The Morgan fingerprint density at radius 2 is 2.32 bits per heavy atom. The van der Waals surface area contributed by atoms with E-state index >= 15 is 0 Å². The Labute approximate surface area is 121 Å². The van der Waals surface area contributed by atoms with Gasteiger partial charge in [-0.1, -0.05) is 20.3 Å². The summed E-state index contributed by atoms with van der Waals surface area (Å²) in [5.41, 5.74) is 3.53. The maximum atomic E-state index is 4.38. The van der Waals surface area contributed by atoms with Gasteiger partial charge >= 0.3 is 0 Å². The molecule has 1 aromatic heterocycles. The average molecular weight is 281 g/mol. The van der Waals surface area contributed by atoms with E-state index in [1.165, 1.54) is 25.0 Å². The first-order valence-corrected chi connectivity index (χ1v) is 8.20. The van der Waals surface area contributed by atoms with Crippen molar-refractivity contribution in [2.75, 3.05) is 20.6 Å². The zero-order valence-electron chi connectivity index (χ0n) is 12.6. The molecule has 1 fully saturated rings. The van der Waals surface area contributed by atoms with Gasteiger partial charge in [-0.05, 0) is 38.3 Å². The van der Waals surface area contributed by atoms with Gasteiger partial charge < -0.3 is 10.2 Å². The van der Waals surface area contributed by atoms with Crippen LogP contribution < -0.4 is 5.32 Å². The summed E-state index contributed by atoms with van der Waals surface area (Å²) in [5.74, 6) is 0.748. The SMILES string of the molecule is CNC1C(CN(C)Cc2cscn2)CCCC1(C)C. The first-order valence-electron chi connectivity index (χ1n) is 7.26. The van der Waals surface area contributed by atoms with Crippen LogP contribution in [0.15, 0.2) is 10.9 Å². The molecule has 1 heterocycles. The van der Waals surface area contributed by atoms with E-state index < -0.39 is 0 Å². The van der Waals surface area contributed by atoms with Crippen LogP contribution in [0.1, 0.15) is 38.8 Å². The van der Waals surface area contributed by atoms with Gasteiger partial charge in [-0.15, -0.1) is 11.3 Å². The van der Waals surface area contributed by atoms with Crippen molar-refractivity contribution in [3.05, 3.63) is 16.6 Å². The van der Waals surface area contributed by atoms with Crippen LogP contribution in [-0.2, 0) is 6.54 Å². The molecular weight excluding hydrogens is 254 g/mol. The van der Waals surface area contributed by atoms with E-state index in [1.54, 1.807) is 11.3 Å². The molecular formula is C15H27N3S. The van der Waals surface area contributed by atoms with Gasteiger partial charge in [-0.25, -0.2) is 4.98 Å². The number of thiazole rings is 1. The lowest BCUT2D eigenvalue weighted by Crippen LogP contribution is -2.51. The summed E-state index contributed by atoms with van der Waals surface area (Å²) >= 11 is 1.68. The molecule has 1 aromatic rings. The van der Waals surface area contributed by atoms with Crippen molar-refractivity contribution in [3.63, 3.8) is 0 Å². The fourth-order valence-corrected chi connectivity index (χ4v) is 4.21. The van der Waals surface area contributed by atoms with Gasteiger partial charge in [0.25, 0.3) is 0 Å². The summed E-state index contributed by atoms with van der Waals surface area (Å²) in [6.45, 7) is 6.94. The third kappa shape index (κ3) is 3.77. The van der Waals surface area contributed by atoms with Crippen LogP contribution in [0, 0.1) is 11.3 Å². The first-order chi connectivity index (χ1) is 9.03. The van der Waals surface area contributed by atoms with E-state index in [4.69, 9.17) is 0 Å². The second kappa shape index (κ2) is 6.33. The summed E-state index contributed by atoms with van der Waals surface area (Å²) in [6.07, 6.45) is 4.04. The van der Waals surface area contributed by atoms with Crippen molar-refractivity contribution >= 4 is 11.3 Å². The lowest BCUT2D eigenvalue weighted by Gasteiger charge is -2.45. The molecule has 0 bridgehead atoms. The van der Waals surface area contributed by atoms with E-state index in [-0.39, 0.29) is 0 Å². The highest BCUT2D eigenvalue weighted by Gasteiger charge is 2.38. The number of aromatic nitrogens is 1. The van der Waals surface area contributed by atoms with Crippen LogP contribution in [0.25, 0.3) is 0 Å². The number of hydrogen-bond acceptors (Lipinski definition) is 4. The molecule has 1 aliphatic rings. The first kappa shape index (κ1) is 14.9. The number of hydrogen-bond donors (Lipinski definition) is 1. The second-order valence-electron chi connectivity index (χ2n) is 6.58. The predicted molar refractivity (Wildman–Crippen MR) is 82.4 cm³/mol. The lowest BCUT2D eigenvalue weighted by atomic mass is 9.68. The van der Waals surface area contributed by atoms with Crippen LogP contribution in [0.2, 0.25) is 0 Å². The minimum absolute atomic E-state index is 0.416. The maximum Gasteiger partial charge on any atom is 0.0795 e. The van der Waals surface area contributed by atoms with Gasteiger partial charge in [-0.2, -0.15) is 0 Å². The molecule has 0 spiro atoms. The van der Waals surface area contributed by atoms with Crippen molar-refractivity contribution in [1.29, 1.82) is 0 Å². The van der Waals surface area contributed by atoms with E-state index in [0.717, 1.165) is 19.0 Å². The molecule has 1 N–H and O–H groups in total. The molecule has 0 saturated heterocycles. The van der Waals surface area contributed by atoms with Crippen molar-refractivity contribution in [1.82, 2.24) is 15.2 Å². The molecule has 0 aliphatic heterocycles. The van der Waals surface area contributed by atoms with Gasteiger partial charge in [0, 0.05) is 24.5 Å². The quantitative estimate of drug-likeness (QED) is 0.899. The highest BCUT2D eigenvalue weighted by atomic mass is 32.1. The fraction of sp³-hybridized carbons (Fsp3) is 0.800. The molecule has 0 amide bonds. The molecule has 0 radical (unpaired) electrons. The second-order valence-corrected chi connectivity index (χ2v) is 7.30. The largest absolute Gasteiger partial charge is 0.316 e. The van der Waals surface area contributed by atoms with Crippen LogP contribution in [0.4, 0.5) is 0 Å². The minimum atomic E-state index is 0.416. The average Bonchev–Trinajstić information content (AvgIpc) is 2.80. The fourth-order valence-electron chi connectivity index (χ4n) is 3.66. The monoisotopic (exact) mass is 281 g/mol. The van der Waals surface area contributed by atoms with Crippen LogP contribution in [0.5, 0.6) is 0 Å². The Morgan fingerprint density at radius 3 is 2.95 bits per heavy atom. The topological polar surface area (TPSA) is 28.2 Å². The van der Waals surface area contributed by atoms with Crippen molar-refractivity contribution in [3.8, 4) is 0 Å². The van der Waals surface area contributed by atoms with E-state index in [0.29, 0.717) is 11.5 Å². The Balaban J connectivity index is 1.93. The molecule has 108 valence electrons. The molecule has 2 atom stereocenters. The molecule has 1 saturated carbocycles. The number of nitrogens with zero attached hydrogens (tertiary/aromatic N) is 2. The van der Waals surface area contributed by atoms with Gasteiger partial charge in [0.2, 0.25) is 0 Å². The van der Waals surface area contributed by atoms with E-state index in [1.807, 2.05) is 5.51 Å². The summed E-state index contributed by atoms with van der Waals surface area (Å²) in [5, 5.41) is 5.72. The molecule has 0 aromatic carbocycles. The van der Waals surface area contributed by atoms with E-state index in [9.17, 15) is 0 Å². The third-order valence-electron chi connectivity index (χ3n) is 4.48. The van der Waals surface area contributed by atoms with E-state index in [2.05, 4.69) is 48.5 Å². The highest BCUT2D eigenvalue weighted by Crippen LogP contribution is 2.39. The Hall–Kier alpha value is -0.450. The number of nitrogens with one attached hydrogen (secondary N) is 1. The van der Waals surface area contributed by atoms with Crippen LogP contribution in [-0.4, -0.2) is 36.6 Å². The van der Waals surface area contributed by atoms with Gasteiger partial charge in [0.05, 0.1) is 11.2 Å². The zero-order valence-corrected chi connectivity index (χ0v) is 13.5. The summed E-state index contributed by atoms with van der Waals surface area (Å²) in [4.78, 5) is 6.80. The zero-order chi connectivity index (χ0) is 13.9. The van der Waals surface area contributed by atoms with Gasteiger partial charge in [-0.3, -0.25) is 0 Å². The van der Waals surface area contributed by atoms with Crippen molar-refractivity contribution in [2.24, 2.45) is 11.3 Å². The lowest BCUT2D eigenvalue weighted by molar-refractivity contribution is 0.0886. The normalized spacial score (nSPS) is 26.8. The Kier molecular flexibility index (Phi) is 4.98. The molecule has 2 rings (SSSR count). The van der Waals surface area contributed by atoms with Crippen molar-refractivity contribution in [2.45, 2.75) is 45.7 Å². The predicted octanol–water partition coefficient (Wildman–Crippen LogP) is 2.99. The standard InChI is InChI=1S/C15H27N3S/c1-15(2)7-5-6-12(14(15)16-3)8-18(4)9-13-10-19-11-17-13/h10-12,14,16H,5-9H2,1-4H3. The highest BCUT2D eigenvalue weighted by molar-refractivity contribution is 7.07. The Morgan fingerprint density at radius 1 is 1.53 bits per heavy atom. The Bertz CT molecular complexity index is 375. The van der Waals surface area contributed by atoms with Crippen LogP contribution >= 0.6 is 11.3 Å². The smallest absolute Gasteiger partial charge is 0.0795 e. The van der Waals surface area contributed by atoms with Gasteiger partial charge in [0.15, 0.2) is 0 Å². The minimum Gasteiger partial charge on any atom is -0.316 e.